The molecule has 0 aromatic heterocycles. The van der Waals surface area contributed by atoms with Crippen molar-refractivity contribution >= 4 is 5.91 Å². The van der Waals surface area contributed by atoms with Gasteiger partial charge in [-0.2, -0.15) is 0 Å². The van der Waals surface area contributed by atoms with Gasteiger partial charge in [0, 0.05) is 24.7 Å². The Morgan fingerprint density at radius 2 is 2.00 bits per heavy atom. The third-order valence-electron chi connectivity index (χ3n) is 4.00. The van der Waals surface area contributed by atoms with Crippen molar-refractivity contribution in [2.75, 3.05) is 26.2 Å². The highest BCUT2D eigenvalue weighted by Crippen LogP contribution is 2.26. The Kier molecular flexibility index (Phi) is 4.49. The number of rotatable bonds is 4. The zero-order valence-electron chi connectivity index (χ0n) is 12.0. The van der Waals surface area contributed by atoms with Gasteiger partial charge in [0.05, 0.1) is 0 Å². The van der Waals surface area contributed by atoms with E-state index in [1.165, 1.54) is 12.1 Å². The SMILES string of the molecule is CCN(CC)C1CCN(C(=O)c2ccc(O)c(O)c2)C1. The third kappa shape index (κ3) is 2.88. The standard InChI is InChI=1S/C15H22N2O3/c1-3-16(4-2)12-7-8-17(10-12)15(20)11-5-6-13(18)14(19)9-11/h5-6,9,12,18-19H,3-4,7-8,10H2,1-2H3. The van der Waals surface area contributed by atoms with Gasteiger partial charge < -0.3 is 15.1 Å². The fraction of sp³-hybridized carbons (Fsp3) is 0.533. The van der Waals surface area contributed by atoms with Gasteiger partial charge in [-0.15, -0.1) is 0 Å². The van der Waals surface area contributed by atoms with E-state index in [0.29, 0.717) is 11.6 Å². The zero-order valence-corrected chi connectivity index (χ0v) is 12.0. The topological polar surface area (TPSA) is 64.0 Å². The molecule has 5 heteroatoms. The van der Waals surface area contributed by atoms with Gasteiger partial charge >= 0.3 is 0 Å². The van der Waals surface area contributed by atoms with Crippen LogP contribution >= 0.6 is 0 Å². The molecule has 1 atom stereocenters. The molecular formula is C15H22N2O3. The molecule has 0 spiro atoms. The second kappa shape index (κ2) is 6.13. The molecule has 1 aromatic rings. The molecule has 1 amide bonds. The van der Waals surface area contributed by atoms with E-state index in [9.17, 15) is 15.0 Å². The van der Waals surface area contributed by atoms with E-state index in [1.54, 1.807) is 6.07 Å². The van der Waals surface area contributed by atoms with Gasteiger partial charge in [-0.05, 0) is 37.7 Å². The second-order valence-electron chi connectivity index (χ2n) is 5.12. The minimum absolute atomic E-state index is 0.0880. The first kappa shape index (κ1) is 14.7. The van der Waals surface area contributed by atoms with E-state index in [4.69, 9.17) is 0 Å². The smallest absolute Gasteiger partial charge is 0.254 e. The number of benzene rings is 1. The van der Waals surface area contributed by atoms with Crippen molar-refractivity contribution in [3.05, 3.63) is 23.8 Å². The first-order valence-corrected chi connectivity index (χ1v) is 7.12. The molecule has 0 bridgehead atoms. The fourth-order valence-corrected chi connectivity index (χ4v) is 2.80. The highest BCUT2D eigenvalue weighted by Gasteiger charge is 2.29. The second-order valence-corrected chi connectivity index (χ2v) is 5.12. The van der Waals surface area contributed by atoms with Crippen LogP contribution in [0.25, 0.3) is 0 Å². The monoisotopic (exact) mass is 278 g/mol. The van der Waals surface area contributed by atoms with Crippen molar-refractivity contribution in [2.45, 2.75) is 26.3 Å². The molecule has 0 saturated carbocycles. The molecule has 0 aliphatic carbocycles. The zero-order chi connectivity index (χ0) is 14.7. The Hall–Kier alpha value is -1.75. The molecular weight excluding hydrogens is 256 g/mol. The van der Waals surface area contributed by atoms with Gasteiger partial charge in [0.15, 0.2) is 11.5 Å². The highest BCUT2D eigenvalue weighted by molar-refractivity contribution is 5.95. The summed E-state index contributed by atoms with van der Waals surface area (Å²) in [7, 11) is 0. The van der Waals surface area contributed by atoms with E-state index < -0.39 is 0 Å². The third-order valence-corrected chi connectivity index (χ3v) is 4.00. The van der Waals surface area contributed by atoms with Gasteiger partial charge in [-0.1, -0.05) is 13.8 Å². The maximum Gasteiger partial charge on any atom is 0.254 e. The van der Waals surface area contributed by atoms with Crippen molar-refractivity contribution in [3.63, 3.8) is 0 Å². The van der Waals surface area contributed by atoms with E-state index in [0.717, 1.165) is 32.6 Å². The van der Waals surface area contributed by atoms with Crippen molar-refractivity contribution in [1.29, 1.82) is 0 Å². The van der Waals surface area contributed by atoms with Crippen LogP contribution in [0.4, 0.5) is 0 Å². The average molecular weight is 278 g/mol. The lowest BCUT2D eigenvalue weighted by Crippen LogP contribution is -2.38. The fourth-order valence-electron chi connectivity index (χ4n) is 2.80. The summed E-state index contributed by atoms with van der Waals surface area (Å²) in [5.74, 6) is -0.547. The van der Waals surface area contributed by atoms with Gasteiger partial charge in [0.25, 0.3) is 5.91 Å². The number of phenols is 2. The van der Waals surface area contributed by atoms with Crippen LogP contribution in [-0.2, 0) is 0 Å². The molecule has 1 heterocycles. The number of likely N-dealkylation sites (N-methyl/N-ethyl adjacent to an activating group) is 1. The maximum atomic E-state index is 12.4. The van der Waals surface area contributed by atoms with Gasteiger partial charge in [0.1, 0.15) is 0 Å². The molecule has 0 radical (unpaired) electrons. The predicted octanol–water partition coefficient (Wildman–Crippen LogP) is 1.65. The number of carbonyl (C=O) groups is 1. The lowest BCUT2D eigenvalue weighted by Gasteiger charge is -2.26. The quantitative estimate of drug-likeness (QED) is 0.822. The molecule has 110 valence electrons. The Morgan fingerprint density at radius 3 is 2.60 bits per heavy atom. The molecule has 1 aromatic carbocycles. The summed E-state index contributed by atoms with van der Waals surface area (Å²) in [5.41, 5.74) is 0.417. The molecule has 20 heavy (non-hydrogen) atoms. The van der Waals surface area contributed by atoms with E-state index >= 15 is 0 Å². The van der Waals surface area contributed by atoms with Crippen LogP contribution in [0.2, 0.25) is 0 Å². The van der Waals surface area contributed by atoms with Crippen LogP contribution < -0.4 is 0 Å². The van der Waals surface area contributed by atoms with Gasteiger partial charge in [-0.25, -0.2) is 0 Å². The number of hydrogen-bond donors (Lipinski definition) is 2. The van der Waals surface area contributed by atoms with Gasteiger partial charge in [0.2, 0.25) is 0 Å². The highest BCUT2D eigenvalue weighted by atomic mass is 16.3. The van der Waals surface area contributed by atoms with Crippen molar-refractivity contribution < 1.29 is 15.0 Å². The normalized spacial score (nSPS) is 18.8. The van der Waals surface area contributed by atoms with Crippen molar-refractivity contribution in [1.82, 2.24) is 9.80 Å². The largest absolute Gasteiger partial charge is 0.504 e. The first-order chi connectivity index (χ1) is 9.56. The summed E-state index contributed by atoms with van der Waals surface area (Å²) in [6, 6.07) is 4.63. The summed E-state index contributed by atoms with van der Waals surface area (Å²) >= 11 is 0. The number of phenolic OH excluding ortho intramolecular Hbond substituents is 2. The minimum Gasteiger partial charge on any atom is -0.504 e. The van der Waals surface area contributed by atoms with E-state index in [-0.39, 0.29) is 17.4 Å². The molecule has 2 rings (SSSR count). The number of likely N-dealkylation sites (tertiary alicyclic amines) is 1. The molecule has 1 aliphatic heterocycles. The molecule has 1 fully saturated rings. The number of carbonyl (C=O) groups excluding carboxylic acids is 1. The summed E-state index contributed by atoms with van der Waals surface area (Å²) < 4.78 is 0. The van der Waals surface area contributed by atoms with Crippen LogP contribution in [0.1, 0.15) is 30.6 Å². The lowest BCUT2D eigenvalue weighted by molar-refractivity contribution is 0.0777. The number of aromatic hydroxyl groups is 2. The average Bonchev–Trinajstić information content (AvgIpc) is 2.92. The van der Waals surface area contributed by atoms with Crippen LogP contribution in [0.15, 0.2) is 18.2 Å². The Morgan fingerprint density at radius 1 is 1.30 bits per heavy atom. The molecule has 1 saturated heterocycles. The summed E-state index contributed by atoms with van der Waals surface area (Å²) in [6.45, 7) is 7.70. The Labute approximate surface area is 119 Å². The summed E-state index contributed by atoms with van der Waals surface area (Å²) in [6.07, 6.45) is 0.984. The number of amides is 1. The Bertz CT molecular complexity index is 486. The summed E-state index contributed by atoms with van der Waals surface area (Å²) in [5, 5.41) is 18.8. The predicted molar refractivity (Wildman–Crippen MR) is 77.0 cm³/mol. The lowest BCUT2D eigenvalue weighted by atomic mass is 10.2. The Balaban J connectivity index is 2.05. The summed E-state index contributed by atoms with van der Waals surface area (Å²) in [4.78, 5) is 16.5. The minimum atomic E-state index is -0.254. The van der Waals surface area contributed by atoms with Crippen LogP contribution in [0.5, 0.6) is 11.5 Å². The van der Waals surface area contributed by atoms with Crippen molar-refractivity contribution in [3.8, 4) is 11.5 Å². The van der Waals surface area contributed by atoms with E-state index in [2.05, 4.69) is 18.7 Å². The van der Waals surface area contributed by atoms with Crippen LogP contribution in [0.3, 0.4) is 0 Å². The van der Waals surface area contributed by atoms with Crippen molar-refractivity contribution in [2.24, 2.45) is 0 Å². The molecule has 5 nitrogen and oxygen atoms in total. The maximum absolute atomic E-state index is 12.4. The van der Waals surface area contributed by atoms with Crippen LogP contribution in [0, 0.1) is 0 Å². The molecule has 1 aliphatic rings. The molecule has 2 N–H and O–H groups in total. The van der Waals surface area contributed by atoms with Gasteiger partial charge in [-0.3, -0.25) is 9.69 Å². The number of hydrogen-bond acceptors (Lipinski definition) is 4. The molecule has 1 unspecified atom stereocenters. The van der Waals surface area contributed by atoms with Crippen LogP contribution in [-0.4, -0.2) is 58.1 Å². The number of nitrogens with zero attached hydrogens (tertiary/aromatic N) is 2. The van der Waals surface area contributed by atoms with E-state index in [1.807, 2.05) is 4.90 Å². The first-order valence-electron chi connectivity index (χ1n) is 7.12.